The van der Waals surface area contributed by atoms with Gasteiger partial charge in [0.1, 0.15) is 5.75 Å². The lowest BCUT2D eigenvalue weighted by atomic mass is 9.96. The SMILES string of the molecule is COc1ccc(CN2CCC(CNC(=O)CCc3ccsc3)CC2)cc1. The highest BCUT2D eigenvalue weighted by atomic mass is 32.1. The van der Waals surface area contributed by atoms with Crippen LogP contribution < -0.4 is 10.1 Å². The Morgan fingerprint density at radius 3 is 2.62 bits per heavy atom. The molecule has 1 amide bonds. The van der Waals surface area contributed by atoms with Gasteiger partial charge in [-0.15, -0.1) is 0 Å². The number of rotatable bonds is 8. The highest BCUT2D eigenvalue weighted by molar-refractivity contribution is 7.07. The number of methoxy groups -OCH3 is 1. The zero-order valence-corrected chi connectivity index (χ0v) is 16.3. The number of amides is 1. The Kier molecular flexibility index (Phi) is 7.09. The minimum absolute atomic E-state index is 0.178. The highest BCUT2D eigenvalue weighted by Crippen LogP contribution is 2.20. The summed E-state index contributed by atoms with van der Waals surface area (Å²) in [5, 5.41) is 7.30. The van der Waals surface area contributed by atoms with Gasteiger partial charge in [0.15, 0.2) is 0 Å². The smallest absolute Gasteiger partial charge is 0.220 e. The Balaban J connectivity index is 1.32. The first-order chi connectivity index (χ1) is 12.7. The molecule has 1 N–H and O–H groups in total. The standard InChI is InChI=1S/C21H28N2O2S/c1-25-20-5-2-18(3-6-20)15-23-11-8-17(9-12-23)14-22-21(24)7-4-19-10-13-26-16-19/h2-3,5-6,10,13,16-17H,4,7-9,11-12,14-15H2,1H3,(H,22,24). The van der Waals surface area contributed by atoms with Crippen molar-refractivity contribution in [1.82, 2.24) is 10.2 Å². The van der Waals surface area contributed by atoms with Crippen LogP contribution >= 0.6 is 11.3 Å². The van der Waals surface area contributed by atoms with Crippen LogP contribution in [0.5, 0.6) is 5.75 Å². The lowest BCUT2D eigenvalue weighted by molar-refractivity contribution is -0.121. The van der Waals surface area contributed by atoms with E-state index in [1.807, 2.05) is 12.1 Å². The van der Waals surface area contributed by atoms with Crippen LogP contribution in [0.15, 0.2) is 41.1 Å². The summed E-state index contributed by atoms with van der Waals surface area (Å²) in [6.45, 7) is 4.01. The summed E-state index contributed by atoms with van der Waals surface area (Å²) < 4.78 is 5.21. The van der Waals surface area contributed by atoms with E-state index < -0.39 is 0 Å². The monoisotopic (exact) mass is 372 g/mol. The van der Waals surface area contributed by atoms with Gasteiger partial charge in [-0.05, 0) is 78.4 Å². The number of carbonyl (C=O) groups excluding carboxylic acids is 1. The van der Waals surface area contributed by atoms with Gasteiger partial charge in [0.2, 0.25) is 5.91 Å². The topological polar surface area (TPSA) is 41.6 Å². The molecule has 1 fully saturated rings. The number of piperidine rings is 1. The predicted octanol–water partition coefficient (Wildman–Crippen LogP) is 3.72. The number of thiophene rings is 1. The normalized spacial score (nSPS) is 15.7. The number of likely N-dealkylation sites (tertiary alicyclic amines) is 1. The van der Waals surface area contributed by atoms with Crippen molar-refractivity contribution in [1.29, 1.82) is 0 Å². The largest absolute Gasteiger partial charge is 0.497 e. The third-order valence-electron chi connectivity index (χ3n) is 5.08. The maximum absolute atomic E-state index is 12.0. The van der Waals surface area contributed by atoms with E-state index in [2.05, 4.69) is 39.2 Å². The molecule has 2 aromatic rings. The molecule has 1 aliphatic rings. The maximum atomic E-state index is 12.0. The summed E-state index contributed by atoms with van der Waals surface area (Å²) in [7, 11) is 1.70. The number of hydrogen-bond donors (Lipinski definition) is 1. The molecule has 0 unspecified atom stereocenters. The second-order valence-corrected chi connectivity index (χ2v) is 7.78. The van der Waals surface area contributed by atoms with Gasteiger partial charge in [0.05, 0.1) is 7.11 Å². The molecular formula is C21H28N2O2S. The first kappa shape index (κ1) is 18.9. The third kappa shape index (κ3) is 5.85. The van der Waals surface area contributed by atoms with Crippen molar-refractivity contribution >= 4 is 17.2 Å². The average Bonchev–Trinajstić information content (AvgIpc) is 3.20. The molecule has 0 spiro atoms. The molecule has 0 saturated carbocycles. The van der Waals surface area contributed by atoms with E-state index >= 15 is 0 Å². The highest BCUT2D eigenvalue weighted by Gasteiger charge is 2.19. The fraction of sp³-hybridized carbons (Fsp3) is 0.476. The fourth-order valence-corrected chi connectivity index (χ4v) is 4.08. The van der Waals surface area contributed by atoms with E-state index in [9.17, 15) is 4.79 Å². The molecule has 140 valence electrons. The Bertz CT molecular complexity index is 662. The second kappa shape index (κ2) is 9.74. The first-order valence-corrected chi connectivity index (χ1v) is 10.3. The molecule has 26 heavy (non-hydrogen) atoms. The molecule has 1 aromatic heterocycles. The van der Waals surface area contributed by atoms with Gasteiger partial charge in [0.25, 0.3) is 0 Å². The van der Waals surface area contributed by atoms with Crippen molar-refractivity contribution in [2.75, 3.05) is 26.7 Å². The molecule has 0 bridgehead atoms. The molecule has 3 rings (SSSR count). The summed E-state index contributed by atoms with van der Waals surface area (Å²) in [4.78, 5) is 14.5. The van der Waals surface area contributed by atoms with E-state index in [1.54, 1.807) is 18.4 Å². The fourth-order valence-electron chi connectivity index (χ4n) is 3.38. The third-order valence-corrected chi connectivity index (χ3v) is 5.81. The van der Waals surface area contributed by atoms with Gasteiger partial charge < -0.3 is 10.1 Å². The molecule has 2 heterocycles. The lowest BCUT2D eigenvalue weighted by Crippen LogP contribution is -2.38. The van der Waals surface area contributed by atoms with Crippen LogP contribution in [0.2, 0.25) is 0 Å². The van der Waals surface area contributed by atoms with Gasteiger partial charge in [-0.25, -0.2) is 0 Å². The van der Waals surface area contributed by atoms with Gasteiger partial charge in [0, 0.05) is 19.5 Å². The lowest BCUT2D eigenvalue weighted by Gasteiger charge is -2.32. The molecule has 1 aliphatic heterocycles. The van der Waals surface area contributed by atoms with Gasteiger partial charge in [-0.2, -0.15) is 11.3 Å². The number of benzene rings is 1. The van der Waals surface area contributed by atoms with Crippen LogP contribution in [-0.2, 0) is 17.8 Å². The zero-order chi connectivity index (χ0) is 18.2. The van der Waals surface area contributed by atoms with Crippen LogP contribution in [0.3, 0.4) is 0 Å². The Morgan fingerprint density at radius 2 is 1.96 bits per heavy atom. The average molecular weight is 373 g/mol. The van der Waals surface area contributed by atoms with Gasteiger partial charge in [-0.3, -0.25) is 9.69 Å². The quantitative estimate of drug-likeness (QED) is 0.768. The number of ether oxygens (including phenoxy) is 1. The van der Waals surface area contributed by atoms with Crippen molar-refractivity contribution in [2.24, 2.45) is 5.92 Å². The van der Waals surface area contributed by atoms with Crippen LogP contribution in [0, 0.1) is 5.92 Å². The summed E-state index contributed by atoms with van der Waals surface area (Å²) in [5.41, 5.74) is 2.59. The minimum atomic E-state index is 0.178. The molecule has 0 aliphatic carbocycles. The van der Waals surface area contributed by atoms with E-state index in [0.717, 1.165) is 51.2 Å². The molecule has 0 radical (unpaired) electrons. The Morgan fingerprint density at radius 1 is 1.19 bits per heavy atom. The molecule has 0 atom stereocenters. The zero-order valence-electron chi connectivity index (χ0n) is 15.4. The Hall–Kier alpha value is -1.85. The first-order valence-electron chi connectivity index (χ1n) is 9.36. The number of aryl methyl sites for hydroxylation is 1. The summed E-state index contributed by atoms with van der Waals surface area (Å²) in [6.07, 6.45) is 3.74. The Labute approximate surface area is 160 Å². The molecular weight excluding hydrogens is 344 g/mol. The predicted molar refractivity (Wildman–Crippen MR) is 107 cm³/mol. The minimum Gasteiger partial charge on any atom is -0.497 e. The van der Waals surface area contributed by atoms with Gasteiger partial charge in [-0.1, -0.05) is 12.1 Å². The molecule has 4 nitrogen and oxygen atoms in total. The van der Waals surface area contributed by atoms with Crippen molar-refractivity contribution < 1.29 is 9.53 Å². The van der Waals surface area contributed by atoms with Gasteiger partial charge >= 0.3 is 0 Å². The van der Waals surface area contributed by atoms with Crippen LogP contribution in [0.4, 0.5) is 0 Å². The van der Waals surface area contributed by atoms with Crippen molar-refractivity contribution in [3.63, 3.8) is 0 Å². The van der Waals surface area contributed by atoms with E-state index in [1.165, 1.54) is 11.1 Å². The van der Waals surface area contributed by atoms with E-state index in [0.29, 0.717) is 12.3 Å². The number of nitrogens with one attached hydrogen (secondary N) is 1. The molecule has 1 saturated heterocycles. The van der Waals surface area contributed by atoms with E-state index in [4.69, 9.17) is 4.74 Å². The number of carbonyl (C=O) groups is 1. The van der Waals surface area contributed by atoms with Crippen molar-refractivity contribution in [3.05, 3.63) is 52.2 Å². The summed E-state index contributed by atoms with van der Waals surface area (Å²) in [5.74, 6) is 1.69. The van der Waals surface area contributed by atoms with Crippen LogP contribution in [0.1, 0.15) is 30.4 Å². The number of nitrogens with zero attached hydrogens (tertiary/aromatic N) is 1. The second-order valence-electron chi connectivity index (χ2n) is 7.00. The van der Waals surface area contributed by atoms with E-state index in [-0.39, 0.29) is 5.91 Å². The number of hydrogen-bond acceptors (Lipinski definition) is 4. The molecule has 1 aromatic carbocycles. The summed E-state index contributed by atoms with van der Waals surface area (Å²) in [6, 6.07) is 10.4. The van der Waals surface area contributed by atoms with Crippen LogP contribution in [-0.4, -0.2) is 37.6 Å². The van der Waals surface area contributed by atoms with Crippen molar-refractivity contribution in [2.45, 2.75) is 32.2 Å². The van der Waals surface area contributed by atoms with Crippen molar-refractivity contribution in [3.8, 4) is 5.75 Å². The molecule has 5 heteroatoms. The summed E-state index contributed by atoms with van der Waals surface area (Å²) >= 11 is 1.69. The van der Waals surface area contributed by atoms with Crippen LogP contribution in [0.25, 0.3) is 0 Å². The maximum Gasteiger partial charge on any atom is 0.220 e.